The van der Waals surface area contributed by atoms with Crippen molar-refractivity contribution in [3.05, 3.63) is 78.6 Å². The number of hydrogen-bond acceptors (Lipinski definition) is 5. The number of allylic oxidation sites excluding steroid dienone is 2. The molecule has 1 N–H and O–H groups in total. The van der Waals surface area contributed by atoms with Gasteiger partial charge >= 0.3 is 0 Å². The molecule has 0 radical (unpaired) electrons. The Bertz CT molecular complexity index is 905. The molecule has 0 spiro atoms. The van der Waals surface area contributed by atoms with Crippen LogP contribution in [0.2, 0.25) is 0 Å². The molecule has 5 heteroatoms. The van der Waals surface area contributed by atoms with Crippen molar-refractivity contribution >= 4 is 23.4 Å². The van der Waals surface area contributed by atoms with Crippen molar-refractivity contribution in [2.45, 2.75) is 46.5 Å². The van der Waals surface area contributed by atoms with Gasteiger partial charge in [0, 0.05) is 32.1 Å². The van der Waals surface area contributed by atoms with Gasteiger partial charge in [-0.25, -0.2) is 0 Å². The molecule has 0 aromatic heterocycles. The molecular weight excluding hydrogens is 412 g/mol. The summed E-state index contributed by atoms with van der Waals surface area (Å²) in [6.45, 7) is 14.9. The summed E-state index contributed by atoms with van der Waals surface area (Å²) in [6, 6.07) is 16.2. The molecule has 0 bridgehead atoms. The smallest absolute Gasteiger partial charge is 0.186 e. The fourth-order valence-corrected chi connectivity index (χ4v) is 3.09. The number of methoxy groups -OCH3 is 1. The normalized spacial score (nSPS) is 11.8. The van der Waals surface area contributed by atoms with E-state index in [1.807, 2.05) is 44.2 Å². The molecule has 2 aromatic carbocycles. The van der Waals surface area contributed by atoms with E-state index in [4.69, 9.17) is 14.3 Å². The molecule has 33 heavy (non-hydrogen) atoms. The molecule has 0 unspecified atom stereocenters. The van der Waals surface area contributed by atoms with E-state index in [0.717, 1.165) is 56.6 Å². The van der Waals surface area contributed by atoms with E-state index in [2.05, 4.69) is 41.7 Å². The van der Waals surface area contributed by atoms with Crippen LogP contribution in [0, 0.1) is 0 Å². The largest absolute Gasteiger partial charge is 0.497 e. The molecule has 5 nitrogen and oxygen atoms in total. The van der Waals surface area contributed by atoms with Crippen LogP contribution in [0.1, 0.15) is 51.2 Å². The highest BCUT2D eigenvalue weighted by molar-refractivity contribution is 5.74. The Hall–Kier alpha value is -3.34. The van der Waals surface area contributed by atoms with Crippen LogP contribution in [0.15, 0.2) is 72.4 Å². The number of nitrogens with one attached hydrogen (secondary N) is 1. The Kier molecular flexibility index (Phi) is 13.7. The molecule has 0 fully saturated rings. The van der Waals surface area contributed by atoms with Crippen LogP contribution in [0.4, 0.5) is 5.69 Å². The maximum Gasteiger partial charge on any atom is 0.186 e. The number of carbonyl (C=O) groups is 1. The van der Waals surface area contributed by atoms with Gasteiger partial charge in [-0.15, -0.1) is 0 Å². The molecule has 2 aromatic rings. The molecule has 0 aliphatic heterocycles. The first-order chi connectivity index (χ1) is 15.9. The van der Waals surface area contributed by atoms with Crippen molar-refractivity contribution in [1.82, 2.24) is 0 Å². The summed E-state index contributed by atoms with van der Waals surface area (Å²) in [4.78, 5) is 13.2. The Morgan fingerprint density at radius 2 is 1.88 bits per heavy atom. The summed E-state index contributed by atoms with van der Waals surface area (Å²) < 4.78 is 10.4. The lowest BCUT2D eigenvalue weighted by molar-refractivity contribution is -0.106. The molecule has 1 aliphatic rings. The monoisotopic (exact) mass is 450 g/mol. The van der Waals surface area contributed by atoms with Crippen molar-refractivity contribution in [2.75, 3.05) is 25.5 Å². The van der Waals surface area contributed by atoms with Crippen LogP contribution in [0.5, 0.6) is 5.75 Å². The zero-order chi connectivity index (χ0) is 24.5. The average Bonchev–Trinajstić information content (AvgIpc) is 3.20. The van der Waals surface area contributed by atoms with Crippen LogP contribution >= 0.6 is 0 Å². The summed E-state index contributed by atoms with van der Waals surface area (Å²) >= 11 is 0. The number of anilines is 1. The second-order valence-corrected chi connectivity index (χ2v) is 7.40. The number of aldehydes is 1. The number of carbonyl (C=O) groups excluding carboxylic acids is 1. The molecule has 0 saturated heterocycles. The second kappa shape index (κ2) is 16.3. The summed E-state index contributed by atoms with van der Waals surface area (Å²) in [6.07, 6.45) is 4.75. The Labute approximate surface area is 199 Å². The third-order valence-corrected chi connectivity index (χ3v) is 4.85. The van der Waals surface area contributed by atoms with Crippen LogP contribution in [-0.2, 0) is 16.0 Å². The van der Waals surface area contributed by atoms with Crippen molar-refractivity contribution in [3.63, 3.8) is 0 Å². The number of aryl methyl sites for hydroxylation is 1. The first-order valence-electron chi connectivity index (χ1n) is 11.4. The van der Waals surface area contributed by atoms with Crippen molar-refractivity contribution < 1.29 is 14.3 Å². The SMILES string of the molecule is C=C(CC)OC(C)=NCCCNc1ccc2c(c1)CCC2=C.CC=O.COc1ccccc1. The number of para-hydroxylation sites is 1. The van der Waals surface area contributed by atoms with E-state index in [-0.39, 0.29) is 0 Å². The first kappa shape index (κ1) is 27.7. The minimum Gasteiger partial charge on any atom is -0.497 e. The topological polar surface area (TPSA) is 59.9 Å². The predicted octanol–water partition coefficient (Wildman–Crippen LogP) is 6.71. The summed E-state index contributed by atoms with van der Waals surface area (Å²) in [5, 5.41) is 3.46. The second-order valence-electron chi connectivity index (χ2n) is 7.40. The Morgan fingerprint density at radius 1 is 1.18 bits per heavy atom. The summed E-state index contributed by atoms with van der Waals surface area (Å²) in [5.74, 6) is 2.37. The van der Waals surface area contributed by atoms with Gasteiger partial charge in [0.2, 0.25) is 0 Å². The lowest BCUT2D eigenvalue weighted by atomic mass is 10.1. The van der Waals surface area contributed by atoms with Gasteiger partial charge in [0.25, 0.3) is 0 Å². The lowest BCUT2D eigenvalue weighted by Crippen LogP contribution is -2.05. The molecule has 0 heterocycles. The van der Waals surface area contributed by atoms with Crippen molar-refractivity contribution in [3.8, 4) is 5.75 Å². The van der Waals surface area contributed by atoms with Gasteiger partial charge in [0.1, 0.15) is 12.0 Å². The zero-order valence-corrected chi connectivity index (χ0v) is 20.5. The average molecular weight is 451 g/mol. The van der Waals surface area contributed by atoms with Crippen LogP contribution in [0.25, 0.3) is 5.57 Å². The molecule has 178 valence electrons. The van der Waals surface area contributed by atoms with Crippen LogP contribution < -0.4 is 10.1 Å². The van der Waals surface area contributed by atoms with Gasteiger partial charge < -0.3 is 19.6 Å². The fourth-order valence-electron chi connectivity index (χ4n) is 3.09. The minimum atomic E-state index is 0.697. The molecule has 1 aliphatic carbocycles. The number of rotatable bonds is 8. The van der Waals surface area contributed by atoms with E-state index in [1.165, 1.54) is 29.3 Å². The van der Waals surface area contributed by atoms with Gasteiger partial charge in [-0.2, -0.15) is 0 Å². The number of aliphatic imine (C=N–C) groups is 1. The van der Waals surface area contributed by atoms with E-state index < -0.39 is 0 Å². The van der Waals surface area contributed by atoms with Crippen LogP contribution in [-0.4, -0.2) is 32.4 Å². The number of ether oxygens (including phenoxy) is 2. The van der Waals surface area contributed by atoms with Gasteiger partial charge in [-0.05, 0) is 67.2 Å². The van der Waals surface area contributed by atoms with Gasteiger partial charge in [-0.1, -0.05) is 44.3 Å². The highest BCUT2D eigenvalue weighted by atomic mass is 16.5. The predicted molar refractivity (Wildman–Crippen MR) is 140 cm³/mol. The summed E-state index contributed by atoms with van der Waals surface area (Å²) in [5.41, 5.74) is 5.19. The maximum atomic E-state index is 8.81. The fraction of sp³-hybridized carbons (Fsp3) is 0.357. The van der Waals surface area contributed by atoms with E-state index in [1.54, 1.807) is 7.11 Å². The number of hydrogen-bond donors (Lipinski definition) is 1. The van der Waals surface area contributed by atoms with E-state index >= 15 is 0 Å². The Morgan fingerprint density at radius 3 is 2.48 bits per heavy atom. The lowest BCUT2D eigenvalue weighted by Gasteiger charge is -2.08. The number of benzene rings is 2. The third-order valence-electron chi connectivity index (χ3n) is 4.85. The van der Waals surface area contributed by atoms with E-state index in [0.29, 0.717) is 5.90 Å². The Balaban J connectivity index is 0.000000409. The van der Waals surface area contributed by atoms with E-state index in [9.17, 15) is 0 Å². The van der Waals surface area contributed by atoms with Gasteiger partial charge in [-0.3, -0.25) is 4.99 Å². The van der Waals surface area contributed by atoms with Crippen molar-refractivity contribution in [1.29, 1.82) is 0 Å². The maximum absolute atomic E-state index is 8.81. The molecule has 0 amide bonds. The minimum absolute atomic E-state index is 0.697. The summed E-state index contributed by atoms with van der Waals surface area (Å²) in [7, 11) is 1.66. The van der Waals surface area contributed by atoms with Crippen molar-refractivity contribution in [2.24, 2.45) is 4.99 Å². The highest BCUT2D eigenvalue weighted by Gasteiger charge is 2.14. The highest BCUT2D eigenvalue weighted by Crippen LogP contribution is 2.32. The number of fused-ring (bicyclic) bond motifs is 1. The first-order valence-corrected chi connectivity index (χ1v) is 11.4. The quantitative estimate of drug-likeness (QED) is 0.160. The van der Waals surface area contributed by atoms with Gasteiger partial charge in [0.15, 0.2) is 5.90 Å². The molecule has 0 saturated carbocycles. The molecular formula is C28H38N2O3. The third kappa shape index (κ3) is 11.2. The molecule has 3 rings (SSSR count). The molecule has 0 atom stereocenters. The van der Waals surface area contributed by atoms with Gasteiger partial charge in [0.05, 0.1) is 12.9 Å². The standard InChI is InChI=1S/C19H26N2O.C7H8O.C2H4O/c1-5-15(3)22-16(4)20-11-6-12-21-18-9-10-19-14(2)7-8-17(19)13-18;1-8-7-5-3-2-4-6-7;1-2-3/h9-10,13,21H,2-3,5-8,11-12H2,1,4H3;2-6H,1H3;2H,1H3. The van der Waals surface area contributed by atoms with Crippen LogP contribution in [0.3, 0.4) is 0 Å². The number of nitrogens with zero attached hydrogens (tertiary/aromatic N) is 1. The zero-order valence-electron chi connectivity index (χ0n) is 20.5.